The highest BCUT2D eigenvalue weighted by molar-refractivity contribution is 9.11. The maximum Gasteiger partial charge on any atom is 0.135 e. The number of rotatable bonds is 8. The van der Waals surface area contributed by atoms with E-state index in [-0.39, 0.29) is 6.10 Å². The Bertz CT molecular complexity index is 425. The maximum absolute atomic E-state index is 6.14. The Kier molecular flexibility index (Phi) is 7.92. The standard InChI is InChI=1S/C15H23Br2NO2/c1-5-6-18-9-15(10(2)3)20-14-8-11(16)13(19-4)7-12(14)17/h7-8,10,15,18H,5-6,9H2,1-4H3. The fraction of sp³-hybridized carbons (Fsp3) is 0.600. The summed E-state index contributed by atoms with van der Waals surface area (Å²) in [6.45, 7) is 8.37. The summed E-state index contributed by atoms with van der Waals surface area (Å²) in [5.74, 6) is 2.05. The molecule has 1 rings (SSSR count). The Morgan fingerprint density at radius 2 is 1.75 bits per heavy atom. The second-order valence-corrected chi connectivity index (χ2v) is 6.73. The predicted octanol–water partition coefficient (Wildman–Crippen LogP) is 4.62. The van der Waals surface area contributed by atoms with Crippen molar-refractivity contribution in [2.24, 2.45) is 5.92 Å². The van der Waals surface area contributed by atoms with Crippen LogP contribution in [0.1, 0.15) is 27.2 Å². The highest BCUT2D eigenvalue weighted by Gasteiger charge is 2.17. The summed E-state index contributed by atoms with van der Waals surface area (Å²) >= 11 is 7.03. The van der Waals surface area contributed by atoms with Crippen LogP contribution in [0.5, 0.6) is 11.5 Å². The van der Waals surface area contributed by atoms with Gasteiger partial charge in [-0.2, -0.15) is 0 Å². The van der Waals surface area contributed by atoms with Gasteiger partial charge in [-0.05, 0) is 62.9 Å². The van der Waals surface area contributed by atoms with Crippen molar-refractivity contribution in [2.45, 2.75) is 33.3 Å². The van der Waals surface area contributed by atoms with Gasteiger partial charge in [-0.1, -0.05) is 20.8 Å². The van der Waals surface area contributed by atoms with Crippen molar-refractivity contribution in [1.82, 2.24) is 5.32 Å². The smallest absolute Gasteiger partial charge is 0.135 e. The van der Waals surface area contributed by atoms with Gasteiger partial charge in [-0.15, -0.1) is 0 Å². The van der Waals surface area contributed by atoms with E-state index in [1.54, 1.807) is 7.11 Å². The summed E-state index contributed by atoms with van der Waals surface area (Å²) in [6.07, 6.45) is 1.26. The van der Waals surface area contributed by atoms with E-state index >= 15 is 0 Å². The van der Waals surface area contributed by atoms with Crippen molar-refractivity contribution in [3.63, 3.8) is 0 Å². The average molecular weight is 409 g/mol. The molecule has 1 aromatic rings. The van der Waals surface area contributed by atoms with Gasteiger partial charge in [-0.25, -0.2) is 0 Å². The summed E-state index contributed by atoms with van der Waals surface area (Å²) in [5.41, 5.74) is 0. The lowest BCUT2D eigenvalue weighted by molar-refractivity contribution is 0.148. The van der Waals surface area contributed by atoms with Gasteiger partial charge in [-0.3, -0.25) is 0 Å². The Hall–Kier alpha value is -0.260. The van der Waals surface area contributed by atoms with Gasteiger partial charge in [0.15, 0.2) is 0 Å². The van der Waals surface area contributed by atoms with Gasteiger partial charge in [0, 0.05) is 6.54 Å². The molecule has 0 aliphatic rings. The zero-order valence-corrected chi connectivity index (χ0v) is 15.7. The van der Waals surface area contributed by atoms with Crippen LogP contribution in [-0.2, 0) is 0 Å². The SMILES string of the molecule is CCCNCC(Oc1cc(Br)c(OC)cc1Br)C(C)C. The van der Waals surface area contributed by atoms with Crippen LogP contribution in [0.3, 0.4) is 0 Å². The van der Waals surface area contributed by atoms with Crippen molar-refractivity contribution in [2.75, 3.05) is 20.2 Å². The number of nitrogens with one attached hydrogen (secondary N) is 1. The maximum atomic E-state index is 6.14. The normalized spacial score (nSPS) is 12.6. The molecule has 5 heteroatoms. The Morgan fingerprint density at radius 3 is 2.30 bits per heavy atom. The number of hydrogen-bond donors (Lipinski definition) is 1. The third-order valence-corrected chi connectivity index (χ3v) is 4.24. The second-order valence-electron chi connectivity index (χ2n) is 5.02. The molecule has 0 aromatic heterocycles. The van der Waals surface area contributed by atoms with Crippen LogP contribution in [0.15, 0.2) is 21.1 Å². The first-order valence-corrected chi connectivity index (χ1v) is 8.48. The zero-order chi connectivity index (χ0) is 15.1. The highest BCUT2D eigenvalue weighted by Crippen LogP contribution is 2.36. The van der Waals surface area contributed by atoms with E-state index < -0.39 is 0 Å². The first-order valence-electron chi connectivity index (χ1n) is 6.90. The van der Waals surface area contributed by atoms with Crippen LogP contribution < -0.4 is 14.8 Å². The molecule has 20 heavy (non-hydrogen) atoms. The molecule has 0 heterocycles. The van der Waals surface area contributed by atoms with Gasteiger partial charge in [0.1, 0.15) is 17.6 Å². The van der Waals surface area contributed by atoms with Gasteiger partial charge in [0.25, 0.3) is 0 Å². The molecular weight excluding hydrogens is 386 g/mol. The monoisotopic (exact) mass is 407 g/mol. The molecule has 1 atom stereocenters. The molecule has 0 saturated heterocycles. The van der Waals surface area contributed by atoms with E-state index in [4.69, 9.17) is 9.47 Å². The van der Waals surface area contributed by atoms with Crippen molar-refractivity contribution in [3.8, 4) is 11.5 Å². The minimum atomic E-state index is 0.137. The number of hydrogen-bond acceptors (Lipinski definition) is 3. The van der Waals surface area contributed by atoms with Crippen LogP contribution >= 0.6 is 31.9 Å². The summed E-state index contributed by atoms with van der Waals surface area (Å²) in [5, 5.41) is 3.42. The molecule has 0 aliphatic heterocycles. The molecule has 0 saturated carbocycles. The first-order chi connectivity index (χ1) is 9.49. The third-order valence-electron chi connectivity index (χ3n) is 3.00. The lowest BCUT2D eigenvalue weighted by atomic mass is 10.1. The fourth-order valence-electron chi connectivity index (χ4n) is 1.75. The van der Waals surface area contributed by atoms with Gasteiger partial charge < -0.3 is 14.8 Å². The summed E-state index contributed by atoms with van der Waals surface area (Å²) in [4.78, 5) is 0. The predicted molar refractivity (Wildman–Crippen MR) is 90.8 cm³/mol. The van der Waals surface area contributed by atoms with Gasteiger partial charge in [0.05, 0.1) is 16.1 Å². The largest absolute Gasteiger partial charge is 0.496 e. The molecule has 0 bridgehead atoms. The third kappa shape index (κ3) is 5.26. The molecule has 1 aromatic carbocycles. The van der Waals surface area contributed by atoms with Crippen LogP contribution in [-0.4, -0.2) is 26.3 Å². The first kappa shape index (κ1) is 17.8. The van der Waals surface area contributed by atoms with Gasteiger partial charge >= 0.3 is 0 Å². The quantitative estimate of drug-likeness (QED) is 0.636. The molecule has 3 nitrogen and oxygen atoms in total. The number of benzene rings is 1. The fourth-order valence-corrected chi connectivity index (χ4v) is 2.65. The molecule has 0 spiro atoms. The van der Waals surface area contributed by atoms with E-state index in [0.29, 0.717) is 5.92 Å². The van der Waals surface area contributed by atoms with Crippen LogP contribution in [0.4, 0.5) is 0 Å². The number of halogens is 2. The lowest BCUT2D eigenvalue weighted by Gasteiger charge is -2.24. The molecule has 0 radical (unpaired) electrons. The van der Waals surface area contributed by atoms with E-state index in [9.17, 15) is 0 Å². The molecule has 0 fully saturated rings. The Balaban J connectivity index is 2.80. The molecule has 0 amide bonds. The molecule has 114 valence electrons. The van der Waals surface area contributed by atoms with E-state index in [1.807, 2.05) is 12.1 Å². The highest BCUT2D eigenvalue weighted by atomic mass is 79.9. The van der Waals surface area contributed by atoms with Gasteiger partial charge in [0.2, 0.25) is 0 Å². The molecule has 1 N–H and O–H groups in total. The molecular formula is C15H23Br2NO2. The van der Waals surface area contributed by atoms with Crippen molar-refractivity contribution in [3.05, 3.63) is 21.1 Å². The van der Waals surface area contributed by atoms with E-state index in [1.165, 1.54) is 0 Å². The topological polar surface area (TPSA) is 30.5 Å². The zero-order valence-electron chi connectivity index (χ0n) is 12.5. The average Bonchev–Trinajstić information content (AvgIpc) is 2.41. The number of ether oxygens (including phenoxy) is 2. The Labute approximate surface area is 138 Å². The summed E-state index contributed by atoms with van der Waals surface area (Å²) in [7, 11) is 1.65. The van der Waals surface area contributed by atoms with Crippen molar-refractivity contribution < 1.29 is 9.47 Å². The summed E-state index contributed by atoms with van der Waals surface area (Å²) in [6, 6.07) is 3.86. The second kappa shape index (κ2) is 8.90. The van der Waals surface area contributed by atoms with Crippen molar-refractivity contribution in [1.29, 1.82) is 0 Å². The minimum Gasteiger partial charge on any atom is -0.496 e. The summed E-state index contributed by atoms with van der Waals surface area (Å²) < 4.78 is 13.2. The minimum absolute atomic E-state index is 0.137. The molecule has 1 unspecified atom stereocenters. The molecule has 0 aliphatic carbocycles. The van der Waals surface area contributed by atoms with Crippen LogP contribution in [0.2, 0.25) is 0 Å². The Morgan fingerprint density at radius 1 is 1.15 bits per heavy atom. The van der Waals surface area contributed by atoms with Crippen LogP contribution in [0.25, 0.3) is 0 Å². The number of methoxy groups -OCH3 is 1. The van der Waals surface area contributed by atoms with Crippen LogP contribution in [0, 0.1) is 5.92 Å². The van der Waals surface area contributed by atoms with Crippen molar-refractivity contribution >= 4 is 31.9 Å². The van der Waals surface area contributed by atoms with E-state index in [2.05, 4.69) is 57.9 Å². The van der Waals surface area contributed by atoms with E-state index in [0.717, 1.165) is 40.0 Å². The lowest BCUT2D eigenvalue weighted by Crippen LogP contribution is -2.35.